The van der Waals surface area contributed by atoms with Crippen molar-refractivity contribution in [2.45, 2.75) is 90.9 Å². The average Bonchev–Trinajstić information content (AvgIpc) is 3.10. The molecule has 0 nitrogen and oxygen atoms in total. The van der Waals surface area contributed by atoms with E-state index in [4.69, 9.17) is 0 Å². The lowest BCUT2D eigenvalue weighted by atomic mass is 9.45. The van der Waals surface area contributed by atoms with E-state index in [1.165, 1.54) is 62.0 Å². The van der Waals surface area contributed by atoms with Gasteiger partial charge in [0, 0.05) is 10.6 Å². The average molecular weight is 437 g/mol. The molecule has 0 radical (unpaired) electrons. The van der Waals surface area contributed by atoms with Gasteiger partial charge in [0.1, 0.15) is 0 Å². The minimum atomic E-state index is 0.507. The fraction of sp³-hybridized carbons (Fsp3) is 0.733. The number of fused-ring (bicyclic) bond motifs is 5. The zero-order valence-corrected chi connectivity index (χ0v) is 21.4. The normalized spacial score (nSPS) is 42.2. The van der Waals surface area contributed by atoms with Crippen LogP contribution in [-0.2, 0) is 0 Å². The minimum absolute atomic E-state index is 0.507. The Balaban J connectivity index is 1.32. The van der Waals surface area contributed by atoms with Crippen LogP contribution in [0, 0.1) is 45.8 Å². The van der Waals surface area contributed by atoms with Crippen LogP contribution in [0.25, 0.3) is 0 Å². The number of hydrogen-bond donors (Lipinski definition) is 0. The standard InChI is InChI=1S/C30H44S/c1-21(20-31-23-9-7-6-8-10-23)25-13-14-26-24-12-11-22-19-28(2,3)17-18-29(22,4)27(24)15-16-30(25,26)5/h6-11,21,24-27H,12-20H2,1-5H3/t21-,24?,25?,26?,27?,29?,30?/m1/s1. The summed E-state index contributed by atoms with van der Waals surface area (Å²) in [6.07, 6.45) is 14.3. The summed E-state index contributed by atoms with van der Waals surface area (Å²) in [5.74, 6) is 5.88. The molecule has 4 aliphatic carbocycles. The summed E-state index contributed by atoms with van der Waals surface area (Å²) >= 11 is 2.08. The SMILES string of the molecule is C[C@H](CSc1ccccc1)C1CCC2C3CC=C4CC(C)(C)CCC4(C)C3CCC21C. The van der Waals surface area contributed by atoms with Gasteiger partial charge >= 0.3 is 0 Å². The topological polar surface area (TPSA) is 0 Å². The van der Waals surface area contributed by atoms with Crippen LogP contribution >= 0.6 is 11.8 Å². The highest BCUT2D eigenvalue weighted by molar-refractivity contribution is 7.99. The van der Waals surface area contributed by atoms with Crippen molar-refractivity contribution in [1.29, 1.82) is 0 Å². The molecule has 0 aliphatic heterocycles. The third kappa shape index (κ3) is 3.75. The van der Waals surface area contributed by atoms with Gasteiger partial charge in [0.05, 0.1) is 0 Å². The fourth-order valence-corrected chi connectivity index (χ4v) is 9.85. The van der Waals surface area contributed by atoms with E-state index >= 15 is 0 Å². The number of benzene rings is 1. The van der Waals surface area contributed by atoms with Gasteiger partial charge in [-0.1, -0.05) is 64.5 Å². The van der Waals surface area contributed by atoms with Crippen LogP contribution in [0.5, 0.6) is 0 Å². The largest absolute Gasteiger partial charge is 0.126 e. The van der Waals surface area contributed by atoms with E-state index < -0.39 is 0 Å². The minimum Gasteiger partial charge on any atom is -0.126 e. The number of hydrogen-bond acceptors (Lipinski definition) is 1. The Bertz CT molecular complexity index is 822. The highest BCUT2D eigenvalue weighted by Crippen LogP contribution is 2.68. The molecule has 170 valence electrons. The summed E-state index contributed by atoms with van der Waals surface area (Å²) in [5, 5.41) is 0. The second-order valence-electron chi connectivity index (χ2n) is 12.9. The van der Waals surface area contributed by atoms with E-state index in [1.54, 1.807) is 0 Å². The first-order valence-corrected chi connectivity index (χ1v) is 14.1. The Hall–Kier alpha value is -0.690. The van der Waals surface area contributed by atoms with Crippen LogP contribution in [0.2, 0.25) is 0 Å². The molecule has 0 spiro atoms. The molecule has 3 fully saturated rings. The van der Waals surface area contributed by atoms with Crippen LogP contribution < -0.4 is 0 Å². The maximum absolute atomic E-state index is 2.75. The highest BCUT2D eigenvalue weighted by Gasteiger charge is 2.59. The van der Waals surface area contributed by atoms with Crippen molar-refractivity contribution in [3.05, 3.63) is 42.0 Å². The third-order valence-corrected chi connectivity index (χ3v) is 11.9. The molecule has 1 aromatic rings. The molecule has 31 heavy (non-hydrogen) atoms. The summed E-state index contributed by atoms with van der Waals surface area (Å²) < 4.78 is 0. The van der Waals surface area contributed by atoms with Gasteiger partial charge in [0.15, 0.2) is 0 Å². The Kier molecular flexibility index (Phi) is 5.68. The Labute approximate surface area is 196 Å². The van der Waals surface area contributed by atoms with Crippen molar-refractivity contribution in [3.8, 4) is 0 Å². The molecular weight excluding hydrogens is 392 g/mol. The quantitative estimate of drug-likeness (QED) is 0.335. The summed E-state index contributed by atoms with van der Waals surface area (Å²) in [6.45, 7) is 12.9. The lowest BCUT2D eigenvalue weighted by Gasteiger charge is -2.59. The van der Waals surface area contributed by atoms with Gasteiger partial charge in [-0.15, -0.1) is 11.8 Å². The second kappa shape index (κ2) is 7.96. The number of rotatable bonds is 4. The molecule has 1 aromatic carbocycles. The number of thioether (sulfide) groups is 1. The molecule has 5 rings (SSSR count). The maximum atomic E-state index is 2.75. The smallest absolute Gasteiger partial charge is 0.00720 e. The molecule has 0 N–H and O–H groups in total. The predicted octanol–water partition coefficient (Wildman–Crippen LogP) is 9.02. The van der Waals surface area contributed by atoms with Crippen molar-refractivity contribution in [2.24, 2.45) is 45.8 Å². The van der Waals surface area contributed by atoms with Crippen molar-refractivity contribution in [2.75, 3.05) is 5.75 Å². The van der Waals surface area contributed by atoms with Crippen LogP contribution in [0.3, 0.4) is 0 Å². The van der Waals surface area contributed by atoms with Crippen LogP contribution in [0.4, 0.5) is 0 Å². The molecule has 0 amide bonds. The first-order chi connectivity index (χ1) is 14.7. The second-order valence-corrected chi connectivity index (χ2v) is 14.0. The highest BCUT2D eigenvalue weighted by atomic mass is 32.2. The van der Waals surface area contributed by atoms with Crippen molar-refractivity contribution >= 4 is 11.8 Å². The van der Waals surface area contributed by atoms with E-state index in [1.807, 2.05) is 5.57 Å². The molecule has 7 atom stereocenters. The van der Waals surface area contributed by atoms with Crippen molar-refractivity contribution in [3.63, 3.8) is 0 Å². The monoisotopic (exact) mass is 436 g/mol. The van der Waals surface area contributed by atoms with Crippen LogP contribution in [0.15, 0.2) is 46.9 Å². The van der Waals surface area contributed by atoms with Crippen molar-refractivity contribution in [1.82, 2.24) is 0 Å². The van der Waals surface area contributed by atoms with Gasteiger partial charge in [-0.25, -0.2) is 0 Å². The zero-order chi connectivity index (χ0) is 21.9. The molecule has 0 aromatic heterocycles. The summed E-state index contributed by atoms with van der Waals surface area (Å²) in [4.78, 5) is 1.44. The van der Waals surface area contributed by atoms with E-state index in [9.17, 15) is 0 Å². The first-order valence-electron chi connectivity index (χ1n) is 13.1. The number of allylic oxidation sites excluding steroid dienone is 2. The van der Waals surface area contributed by atoms with E-state index in [2.05, 4.69) is 82.8 Å². The maximum Gasteiger partial charge on any atom is 0.00720 e. The molecule has 0 saturated heterocycles. The predicted molar refractivity (Wildman–Crippen MR) is 135 cm³/mol. The first kappa shape index (κ1) is 22.1. The molecule has 4 aliphatic rings. The Morgan fingerprint density at radius 3 is 2.48 bits per heavy atom. The summed E-state index contributed by atoms with van der Waals surface area (Å²) in [7, 11) is 0. The van der Waals surface area contributed by atoms with Gasteiger partial charge < -0.3 is 0 Å². The van der Waals surface area contributed by atoms with Crippen LogP contribution in [-0.4, -0.2) is 5.75 Å². The van der Waals surface area contributed by atoms with Crippen LogP contribution in [0.1, 0.15) is 86.0 Å². The lowest BCUT2D eigenvalue weighted by Crippen LogP contribution is -2.51. The molecule has 3 saturated carbocycles. The zero-order valence-electron chi connectivity index (χ0n) is 20.6. The fourth-order valence-electron chi connectivity index (χ4n) is 8.81. The Morgan fingerprint density at radius 1 is 0.935 bits per heavy atom. The molecule has 6 unspecified atom stereocenters. The molecular formula is C30H44S. The summed E-state index contributed by atoms with van der Waals surface area (Å²) in [6, 6.07) is 11.0. The molecule has 0 bridgehead atoms. The third-order valence-electron chi connectivity index (χ3n) is 10.6. The lowest BCUT2D eigenvalue weighted by molar-refractivity contribution is -0.0543. The van der Waals surface area contributed by atoms with Gasteiger partial charge in [-0.05, 0) is 109 Å². The summed E-state index contributed by atoms with van der Waals surface area (Å²) in [5.41, 5.74) is 3.45. The Morgan fingerprint density at radius 2 is 1.71 bits per heavy atom. The molecule has 0 heterocycles. The van der Waals surface area contributed by atoms with Gasteiger partial charge in [0.25, 0.3) is 0 Å². The van der Waals surface area contributed by atoms with Gasteiger partial charge in [-0.2, -0.15) is 0 Å². The van der Waals surface area contributed by atoms with Gasteiger partial charge in [-0.3, -0.25) is 0 Å². The molecule has 1 heteroatoms. The van der Waals surface area contributed by atoms with E-state index in [0.717, 1.165) is 29.6 Å². The van der Waals surface area contributed by atoms with Crippen molar-refractivity contribution < 1.29 is 0 Å². The van der Waals surface area contributed by atoms with E-state index in [-0.39, 0.29) is 0 Å². The van der Waals surface area contributed by atoms with Gasteiger partial charge in [0.2, 0.25) is 0 Å². The van der Waals surface area contributed by atoms with E-state index in [0.29, 0.717) is 16.2 Å².